The fraction of sp³-hybridized carbons (Fsp3) is 1.00. The molecule has 12 heavy (non-hydrogen) atoms. The van der Waals surface area contributed by atoms with Gasteiger partial charge in [-0.1, -0.05) is 33.1 Å². The van der Waals surface area contributed by atoms with E-state index in [2.05, 4.69) is 19.3 Å². The van der Waals surface area contributed by atoms with E-state index in [-0.39, 0.29) is 5.54 Å². The molecule has 0 aliphatic heterocycles. The summed E-state index contributed by atoms with van der Waals surface area (Å²) in [6.45, 7) is 8.49. The number of hydrogen-bond donors (Lipinski definition) is 2. The molecular weight excluding hydrogens is 150 g/mol. The normalized spacial score (nSPS) is 14.8. The highest BCUT2D eigenvalue weighted by molar-refractivity contribution is 4.76. The largest absolute Gasteiger partial charge is 0.316 e. The molecule has 0 radical (unpaired) electrons. The van der Waals surface area contributed by atoms with E-state index in [1.54, 1.807) is 0 Å². The standard InChI is InChI=1S/C10H23NO/c1-5-7-9(6-2)8-10(3,4)11-12/h9,11-12H,5-8H2,1-4H3. The smallest absolute Gasteiger partial charge is 0.0376 e. The lowest BCUT2D eigenvalue weighted by molar-refractivity contribution is 0.0645. The quantitative estimate of drug-likeness (QED) is 0.605. The monoisotopic (exact) mass is 173 g/mol. The van der Waals surface area contributed by atoms with Crippen LogP contribution in [0.3, 0.4) is 0 Å². The molecule has 0 spiro atoms. The van der Waals surface area contributed by atoms with Crippen molar-refractivity contribution in [1.82, 2.24) is 5.48 Å². The van der Waals surface area contributed by atoms with Gasteiger partial charge >= 0.3 is 0 Å². The first kappa shape index (κ1) is 11.9. The minimum absolute atomic E-state index is 0.129. The van der Waals surface area contributed by atoms with Crippen molar-refractivity contribution in [3.63, 3.8) is 0 Å². The van der Waals surface area contributed by atoms with Crippen molar-refractivity contribution in [3.8, 4) is 0 Å². The summed E-state index contributed by atoms with van der Waals surface area (Å²) in [6.07, 6.45) is 4.76. The summed E-state index contributed by atoms with van der Waals surface area (Å²) in [7, 11) is 0. The minimum atomic E-state index is -0.129. The van der Waals surface area contributed by atoms with E-state index in [0.717, 1.165) is 12.3 Å². The van der Waals surface area contributed by atoms with E-state index in [9.17, 15) is 0 Å². The van der Waals surface area contributed by atoms with Gasteiger partial charge < -0.3 is 5.21 Å². The minimum Gasteiger partial charge on any atom is -0.316 e. The maximum absolute atomic E-state index is 8.86. The molecule has 0 saturated heterocycles. The van der Waals surface area contributed by atoms with Crippen LogP contribution < -0.4 is 5.48 Å². The zero-order valence-corrected chi connectivity index (χ0v) is 8.85. The van der Waals surface area contributed by atoms with Crippen LogP contribution >= 0.6 is 0 Å². The van der Waals surface area contributed by atoms with Crippen molar-refractivity contribution in [2.45, 2.75) is 58.9 Å². The van der Waals surface area contributed by atoms with E-state index >= 15 is 0 Å². The van der Waals surface area contributed by atoms with E-state index in [1.807, 2.05) is 13.8 Å². The van der Waals surface area contributed by atoms with Crippen molar-refractivity contribution >= 4 is 0 Å². The highest BCUT2D eigenvalue weighted by atomic mass is 16.5. The molecule has 74 valence electrons. The lowest BCUT2D eigenvalue weighted by Crippen LogP contribution is -2.38. The van der Waals surface area contributed by atoms with Crippen LogP contribution in [0.2, 0.25) is 0 Å². The van der Waals surface area contributed by atoms with Crippen LogP contribution in [0.25, 0.3) is 0 Å². The van der Waals surface area contributed by atoms with Crippen LogP contribution in [0, 0.1) is 5.92 Å². The fourth-order valence-corrected chi connectivity index (χ4v) is 1.63. The number of hydrogen-bond acceptors (Lipinski definition) is 2. The third-order valence-electron chi connectivity index (χ3n) is 2.38. The molecule has 0 bridgehead atoms. The Kier molecular flexibility index (Phi) is 5.51. The average Bonchev–Trinajstić information content (AvgIpc) is 2.03. The maximum Gasteiger partial charge on any atom is 0.0376 e. The Morgan fingerprint density at radius 1 is 1.33 bits per heavy atom. The van der Waals surface area contributed by atoms with Crippen LogP contribution in [-0.4, -0.2) is 10.7 Å². The molecule has 0 rings (SSSR count). The van der Waals surface area contributed by atoms with Crippen molar-refractivity contribution in [3.05, 3.63) is 0 Å². The summed E-state index contributed by atoms with van der Waals surface area (Å²) >= 11 is 0. The van der Waals surface area contributed by atoms with E-state index in [4.69, 9.17) is 5.21 Å². The first-order valence-electron chi connectivity index (χ1n) is 4.97. The van der Waals surface area contributed by atoms with Gasteiger partial charge in [0, 0.05) is 5.54 Å². The second-order valence-corrected chi connectivity index (χ2v) is 4.26. The number of nitrogens with one attached hydrogen (secondary N) is 1. The van der Waals surface area contributed by atoms with E-state index < -0.39 is 0 Å². The molecule has 0 aromatic rings. The van der Waals surface area contributed by atoms with Crippen molar-refractivity contribution in [2.75, 3.05) is 0 Å². The Hall–Kier alpha value is -0.0800. The molecular formula is C10H23NO. The third kappa shape index (κ3) is 4.73. The van der Waals surface area contributed by atoms with Crippen molar-refractivity contribution in [2.24, 2.45) is 5.92 Å². The van der Waals surface area contributed by atoms with Gasteiger partial charge in [-0.3, -0.25) is 0 Å². The Morgan fingerprint density at radius 3 is 2.25 bits per heavy atom. The predicted molar refractivity (Wildman–Crippen MR) is 52.3 cm³/mol. The molecule has 1 unspecified atom stereocenters. The summed E-state index contributed by atoms with van der Waals surface area (Å²) < 4.78 is 0. The topological polar surface area (TPSA) is 32.3 Å². The second kappa shape index (κ2) is 5.55. The van der Waals surface area contributed by atoms with Gasteiger partial charge in [-0.25, -0.2) is 5.48 Å². The average molecular weight is 173 g/mol. The molecule has 0 fully saturated rings. The highest BCUT2D eigenvalue weighted by Gasteiger charge is 2.20. The van der Waals surface area contributed by atoms with Gasteiger partial charge in [0.15, 0.2) is 0 Å². The molecule has 0 aromatic carbocycles. The van der Waals surface area contributed by atoms with Crippen molar-refractivity contribution in [1.29, 1.82) is 0 Å². The van der Waals surface area contributed by atoms with E-state index in [1.165, 1.54) is 19.3 Å². The Morgan fingerprint density at radius 2 is 1.92 bits per heavy atom. The molecule has 0 aromatic heterocycles. The molecule has 0 saturated carbocycles. The molecule has 2 nitrogen and oxygen atoms in total. The maximum atomic E-state index is 8.86. The van der Waals surface area contributed by atoms with Gasteiger partial charge in [-0.05, 0) is 26.2 Å². The lowest BCUT2D eigenvalue weighted by atomic mass is 9.87. The van der Waals surface area contributed by atoms with Gasteiger partial charge in [0.2, 0.25) is 0 Å². The SMILES string of the molecule is CCCC(CC)CC(C)(C)NO. The summed E-state index contributed by atoms with van der Waals surface area (Å²) in [6, 6.07) is 0. The molecule has 0 aliphatic rings. The predicted octanol–water partition coefficient (Wildman–Crippen LogP) is 2.96. The highest BCUT2D eigenvalue weighted by Crippen LogP contribution is 2.22. The Labute approximate surface area is 76.3 Å². The van der Waals surface area contributed by atoms with Crippen LogP contribution in [-0.2, 0) is 0 Å². The van der Waals surface area contributed by atoms with Gasteiger partial charge in [0.05, 0.1) is 0 Å². The third-order valence-corrected chi connectivity index (χ3v) is 2.38. The summed E-state index contributed by atoms with van der Waals surface area (Å²) in [4.78, 5) is 0. The number of rotatable bonds is 6. The zero-order chi connectivity index (χ0) is 9.61. The van der Waals surface area contributed by atoms with Crippen LogP contribution in [0.15, 0.2) is 0 Å². The van der Waals surface area contributed by atoms with Gasteiger partial charge in [-0.15, -0.1) is 0 Å². The summed E-state index contributed by atoms with van der Waals surface area (Å²) in [5, 5.41) is 8.86. The molecule has 0 amide bonds. The first-order valence-corrected chi connectivity index (χ1v) is 4.97. The molecule has 0 aliphatic carbocycles. The Balaban J connectivity index is 3.83. The first-order chi connectivity index (χ1) is 5.55. The lowest BCUT2D eigenvalue weighted by Gasteiger charge is -2.27. The van der Waals surface area contributed by atoms with Gasteiger partial charge in [0.1, 0.15) is 0 Å². The van der Waals surface area contributed by atoms with Crippen LogP contribution in [0.1, 0.15) is 53.4 Å². The molecule has 1 atom stereocenters. The summed E-state index contributed by atoms with van der Waals surface area (Å²) in [5.41, 5.74) is 2.24. The van der Waals surface area contributed by atoms with Gasteiger partial charge in [-0.2, -0.15) is 0 Å². The Bertz CT molecular complexity index is 112. The van der Waals surface area contributed by atoms with E-state index in [0.29, 0.717) is 0 Å². The van der Waals surface area contributed by atoms with Crippen LogP contribution in [0.5, 0.6) is 0 Å². The van der Waals surface area contributed by atoms with Crippen LogP contribution in [0.4, 0.5) is 0 Å². The van der Waals surface area contributed by atoms with Crippen molar-refractivity contribution < 1.29 is 5.21 Å². The fourth-order valence-electron chi connectivity index (χ4n) is 1.63. The number of hydroxylamine groups is 1. The molecule has 2 N–H and O–H groups in total. The zero-order valence-electron chi connectivity index (χ0n) is 8.85. The molecule has 2 heteroatoms. The second-order valence-electron chi connectivity index (χ2n) is 4.26. The van der Waals surface area contributed by atoms with Gasteiger partial charge in [0.25, 0.3) is 0 Å². The molecule has 0 heterocycles. The summed E-state index contributed by atoms with van der Waals surface area (Å²) in [5.74, 6) is 0.740.